The molecule has 2 nitrogen and oxygen atoms in total. The molecule has 0 amide bonds. The highest BCUT2D eigenvalue weighted by Crippen LogP contribution is 2.40. The van der Waals surface area contributed by atoms with Gasteiger partial charge in [0.05, 0.1) is 7.11 Å². The van der Waals surface area contributed by atoms with Crippen LogP contribution in [0.25, 0.3) is 0 Å². The molecule has 2 heteroatoms. The van der Waals surface area contributed by atoms with Crippen molar-refractivity contribution in [2.24, 2.45) is 17.6 Å². The molecule has 1 aliphatic rings. The quantitative estimate of drug-likeness (QED) is 0.893. The van der Waals surface area contributed by atoms with E-state index in [9.17, 15) is 0 Å². The summed E-state index contributed by atoms with van der Waals surface area (Å²) in [6.45, 7) is 5.23. The van der Waals surface area contributed by atoms with Crippen LogP contribution in [-0.2, 0) is 0 Å². The lowest BCUT2D eigenvalue weighted by molar-refractivity contribution is 0.245. The third-order valence-electron chi connectivity index (χ3n) is 4.58. The Labute approximate surface area is 117 Å². The average molecular weight is 261 g/mol. The molecular weight excluding hydrogens is 234 g/mol. The molecule has 1 saturated carbocycles. The average Bonchev–Trinajstić information content (AvgIpc) is 2.40. The van der Waals surface area contributed by atoms with Crippen LogP contribution in [0.2, 0.25) is 0 Å². The first-order valence-corrected chi connectivity index (χ1v) is 7.50. The number of hydrogen-bond donors (Lipinski definition) is 1. The smallest absolute Gasteiger partial charge is 0.122 e. The first-order valence-electron chi connectivity index (χ1n) is 7.50. The molecule has 3 unspecified atom stereocenters. The van der Waals surface area contributed by atoms with Crippen molar-refractivity contribution < 1.29 is 4.74 Å². The van der Waals surface area contributed by atoms with Gasteiger partial charge in [0.15, 0.2) is 0 Å². The topological polar surface area (TPSA) is 35.2 Å². The molecule has 3 atom stereocenters. The first-order chi connectivity index (χ1) is 9.15. The molecule has 0 aromatic heterocycles. The summed E-state index contributed by atoms with van der Waals surface area (Å²) >= 11 is 0. The van der Waals surface area contributed by atoms with Crippen LogP contribution in [0.15, 0.2) is 18.2 Å². The summed E-state index contributed by atoms with van der Waals surface area (Å²) in [6.07, 6.45) is 5.33. The van der Waals surface area contributed by atoms with Gasteiger partial charge in [-0.3, -0.25) is 0 Å². The van der Waals surface area contributed by atoms with Gasteiger partial charge in [0, 0.05) is 5.92 Å². The number of nitrogens with two attached hydrogens (primary N) is 1. The number of rotatable bonds is 4. The summed E-state index contributed by atoms with van der Waals surface area (Å²) in [6, 6.07) is 6.45. The van der Waals surface area contributed by atoms with Crippen molar-refractivity contribution in [3.63, 3.8) is 0 Å². The van der Waals surface area contributed by atoms with Gasteiger partial charge in [0.2, 0.25) is 0 Å². The molecule has 0 spiro atoms. The number of hydrogen-bond acceptors (Lipinski definition) is 2. The van der Waals surface area contributed by atoms with Crippen molar-refractivity contribution in [1.82, 2.24) is 0 Å². The SMILES string of the molecule is COc1ccc(C)cc1C(CN)C1CCCC(C)C1. The van der Waals surface area contributed by atoms with Crippen molar-refractivity contribution in [2.75, 3.05) is 13.7 Å². The molecule has 0 heterocycles. The highest BCUT2D eigenvalue weighted by Gasteiger charge is 2.28. The molecule has 1 aliphatic carbocycles. The van der Waals surface area contributed by atoms with Crippen molar-refractivity contribution >= 4 is 0 Å². The summed E-state index contributed by atoms with van der Waals surface area (Å²) in [7, 11) is 1.76. The lowest BCUT2D eigenvalue weighted by atomic mass is 9.73. The number of ether oxygens (including phenoxy) is 1. The van der Waals surface area contributed by atoms with E-state index in [4.69, 9.17) is 10.5 Å². The molecular formula is C17H27NO. The lowest BCUT2D eigenvalue weighted by Crippen LogP contribution is -2.26. The Kier molecular flexibility index (Phi) is 4.87. The Hall–Kier alpha value is -1.02. The normalized spacial score (nSPS) is 25.1. The molecule has 1 aromatic carbocycles. The third kappa shape index (κ3) is 3.30. The summed E-state index contributed by atoms with van der Waals surface area (Å²) in [5, 5.41) is 0. The second-order valence-electron chi connectivity index (χ2n) is 6.12. The molecule has 0 aliphatic heterocycles. The molecule has 1 fully saturated rings. The van der Waals surface area contributed by atoms with Crippen LogP contribution in [-0.4, -0.2) is 13.7 Å². The second-order valence-corrected chi connectivity index (χ2v) is 6.12. The van der Waals surface area contributed by atoms with E-state index in [1.807, 2.05) is 0 Å². The van der Waals surface area contributed by atoms with Crippen LogP contribution in [0.4, 0.5) is 0 Å². The van der Waals surface area contributed by atoms with E-state index in [1.54, 1.807) is 7.11 Å². The largest absolute Gasteiger partial charge is 0.496 e. The molecule has 0 saturated heterocycles. The minimum absolute atomic E-state index is 0.442. The van der Waals surface area contributed by atoms with Gasteiger partial charge in [-0.2, -0.15) is 0 Å². The van der Waals surface area contributed by atoms with Crippen LogP contribution in [0.1, 0.15) is 49.7 Å². The van der Waals surface area contributed by atoms with Crippen LogP contribution in [0.3, 0.4) is 0 Å². The minimum Gasteiger partial charge on any atom is -0.496 e. The molecule has 0 radical (unpaired) electrons. The fourth-order valence-electron chi connectivity index (χ4n) is 3.56. The van der Waals surface area contributed by atoms with E-state index in [0.717, 1.165) is 18.2 Å². The van der Waals surface area contributed by atoms with Crippen LogP contribution < -0.4 is 10.5 Å². The summed E-state index contributed by atoms with van der Waals surface area (Å²) in [4.78, 5) is 0. The Morgan fingerprint density at radius 1 is 1.37 bits per heavy atom. The van der Waals surface area contributed by atoms with E-state index in [-0.39, 0.29) is 0 Å². The van der Waals surface area contributed by atoms with Gasteiger partial charge in [-0.1, -0.05) is 37.5 Å². The monoisotopic (exact) mass is 261 g/mol. The van der Waals surface area contributed by atoms with Crippen LogP contribution in [0.5, 0.6) is 5.75 Å². The van der Waals surface area contributed by atoms with Gasteiger partial charge >= 0.3 is 0 Å². The van der Waals surface area contributed by atoms with Crippen molar-refractivity contribution in [2.45, 2.75) is 45.4 Å². The van der Waals surface area contributed by atoms with Gasteiger partial charge in [-0.15, -0.1) is 0 Å². The lowest BCUT2D eigenvalue weighted by Gasteiger charge is -2.33. The van der Waals surface area contributed by atoms with E-state index in [1.165, 1.54) is 36.8 Å². The number of methoxy groups -OCH3 is 1. The van der Waals surface area contributed by atoms with Crippen LogP contribution in [0, 0.1) is 18.8 Å². The molecule has 106 valence electrons. The minimum atomic E-state index is 0.442. The van der Waals surface area contributed by atoms with Crippen molar-refractivity contribution in [3.05, 3.63) is 29.3 Å². The van der Waals surface area contributed by atoms with Gasteiger partial charge in [0.25, 0.3) is 0 Å². The standard InChI is InChI=1S/C17H27NO/c1-12-5-4-6-14(9-12)16(11-18)15-10-13(2)7-8-17(15)19-3/h7-8,10,12,14,16H,4-6,9,11,18H2,1-3H3. The van der Waals surface area contributed by atoms with Gasteiger partial charge in [-0.25, -0.2) is 0 Å². The molecule has 2 rings (SSSR count). The zero-order chi connectivity index (χ0) is 13.8. The highest BCUT2D eigenvalue weighted by molar-refractivity contribution is 5.40. The van der Waals surface area contributed by atoms with E-state index in [0.29, 0.717) is 11.8 Å². The van der Waals surface area contributed by atoms with E-state index >= 15 is 0 Å². The molecule has 0 bridgehead atoms. The second kappa shape index (κ2) is 6.42. The fraction of sp³-hybridized carbons (Fsp3) is 0.647. The molecule has 2 N–H and O–H groups in total. The maximum Gasteiger partial charge on any atom is 0.122 e. The summed E-state index contributed by atoms with van der Waals surface area (Å²) < 4.78 is 5.55. The molecule has 1 aromatic rings. The Morgan fingerprint density at radius 3 is 2.79 bits per heavy atom. The Morgan fingerprint density at radius 2 is 2.16 bits per heavy atom. The summed E-state index contributed by atoms with van der Waals surface area (Å²) in [5.41, 5.74) is 8.70. The maximum absolute atomic E-state index is 6.10. The van der Waals surface area contributed by atoms with Crippen molar-refractivity contribution in [3.8, 4) is 5.75 Å². The first kappa shape index (κ1) is 14.4. The third-order valence-corrected chi connectivity index (χ3v) is 4.58. The predicted octanol–water partition coefficient (Wildman–Crippen LogP) is 3.87. The number of aryl methyl sites for hydroxylation is 1. The van der Waals surface area contributed by atoms with Gasteiger partial charge < -0.3 is 10.5 Å². The fourth-order valence-corrected chi connectivity index (χ4v) is 3.56. The summed E-state index contributed by atoms with van der Waals surface area (Å²) in [5.74, 6) is 2.99. The highest BCUT2D eigenvalue weighted by atomic mass is 16.5. The molecule has 19 heavy (non-hydrogen) atoms. The van der Waals surface area contributed by atoms with Gasteiger partial charge in [0.1, 0.15) is 5.75 Å². The number of benzene rings is 1. The van der Waals surface area contributed by atoms with E-state index < -0.39 is 0 Å². The van der Waals surface area contributed by atoms with Crippen molar-refractivity contribution in [1.29, 1.82) is 0 Å². The van der Waals surface area contributed by atoms with Gasteiger partial charge in [-0.05, 0) is 49.8 Å². The van der Waals surface area contributed by atoms with Crippen LogP contribution >= 0.6 is 0 Å². The Bertz CT molecular complexity index is 416. The Balaban J connectivity index is 2.27. The predicted molar refractivity (Wildman–Crippen MR) is 80.6 cm³/mol. The van der Waals surface area contributed by atoms with E-state index in [2.05, 4.69) is 32.0 Å². The zero-order valence-electron chi connectivity index (χ0n) is 12.5. The maximum atomic E-state index is 6.10. The zero-order valence-corrected chi connectivity index (χ0v) is 12.5.